The third-order valence-electron chi connectivity index (χ3n) is 2.64. The average molecular weight is 271 g/mol. The fraction of sp³-hybridized carbons (Fsp3) is 0.500. The van der Waals surface area contributed by atoms with Gasteiger partial charge in [-0.25, -0.2) is 13.1 Å². The molecule has 18 heavy (non-hydrogen) atoms. The Morgan fingerprint density at radius 2 is 2.00 bits per heavy atom. The first kappa shape index (κ1) is 14.8. The van der Waals surface area contributed by atoms with Crippen LogP contribution in [0.15, 0.2) is 23.1 Å². The molecule has 0 aliphatic heterocycles. The lowest BCUT2D eigenvalue weighted by molar-refractivity contribution is 0.588. The summed E-state index contributed by atoms with van der Waals surface area (Å²) in [6.07, 6.45) is 1.04. The van der Waals surface area contributed by atoms with Gasteiger partial charge < -0.3 is 11.1 Å². The van der Waals surface area contributed by atoms with E-state index in [-0.39, 0.29) is 4.90 Å². The van der Waals surface area contributed by atoms with E-state index < -0.39 is 10.0 Å². The molecule has 1 rings (SSSR count). The van der Waals surface area contributed by atoms with E-state index in [2.05, 4.69) is 23.9 Å². The molecule has 0 unspecified atom stereocenters. The summed E-state index contributed by atoms with van der Waals surface area (Å²) in [6.45, 7) is 5.11. The third kappa shape index (κ3) is 3.89. The summed E-state index contributed by atoms with van der Waals surface area (Å²) in [5.74, 6) is 0.614. The number of benzene rings is 1. The van der Waals surface area contributed by atoms with Crippen LogP contribution in [0, 0.1) is 5.92 Å². The number of sulfonamides is 1. The summed E-state index contributed by atoms with van der Waals surface area (Å²) in [5.41, 5.74) is 7.04. The maximum atomic E-state index is 11.6. The van der Waals surface area contributed by atoms with Gasteiger partial charge in [0.05, 0.1) is 16.3 Å². The van der Waals surface area contributed by atoms with Crippen LogP contribution in [0.2, 0.25) is 0 Å². The van der Waals surface area contributed by atoms with Crippen molar-refractivity contribution in [3.63, 3.8) is 0 Å². The van der Waals surface area contributed by atoms with Gasteiger partial charge in [-0.05, 0) is 37.6 Å². The summed E-state index contributed by atoms with van der Waals surface area (Å²) < 4.78 is 25.4. The zero-order chi connectivity index (χ0) is 13.8. The molecule has 0 atom stereocenters. The zero-order valence-electron chi connectivity index (χ0n) is 11.0. The molecule has 0 bridgehead atoms. The molecule has 0 radical (unpaired) electrons. The summed E-state index contributed by atoms with van der Waals surface area (Å²) >= 11 is 0. The second-order valence-electron chi connectivity index (χ2n) is 4.57. The van der Waals surface area contributed by atoms with E-state index in [1.165, 1.54) is 13.1 Å². The Hall–Kier alpha value is -1.27. The Kier molecular flexibility index (Phi) is 4.98. The van der Waals surface area contributed by atoms with Gasteiger partial charge in [0.2, 0.25) is 10.0 Å². The van der Waals surface area contributed by atoms with E-state index in [1.54, 1.807) is 12.1 Å². The molecule has 0 heterocycles. The maximum Gasteiger partial charge on any atom is 0.240 e. The molecule has 102 valence electrons. The minimum absolute atomic E-state index is 0.178. The molecule has 0 aliphatic carbocycles. The molecule has 0 saturated heterocycles. The first-order chi connectivity index (χ1) is 8.36. The monoisotopic (exact) mass is 271 g/mol. The zero-order valence-corrected chi connectivity index (χ0v) is 11.8. The lowest BCUT2D eigenvalue weighted by atomic mass is 10.1. The molecule has 0 aliphatic rings. The highest BCUT2D eigenvalue weighted by molar-refractivity contribution is 7.89. The van der Waals surface area contributed by atoms with Gasteiger partial charge in [-0.1, -0.05) is 13.8 Å². The number of nitrogens with one attached hydrogen (secondary N) is 2. The van der Waals surface area contributed by atoms with E-state index in [4.69, 9.17) is 5.73 Å². The van der Waals surface area contributed by atoms with Crippen LogP contribution in [0.4, 0.5) is 11.4 Å². The van der Waals surface area contributed by atoms with Gasteiger partial charge in [0, 0.05) is 6.54 Å². The summed E-state index contributed by atoms with van der Waals surface area (Å²) in [5, 5.41) is 3.20. The maximum absolute atomic E-state index is 11.6. The normalized spacial score (nSPS) is 11.8. The van der Waals surface area contributed by atoms with Crippen molar-refractivity contribution in [1.82, 2.24) is 4.72 Å². The Labute approximate surface area is 109 Å². The van der Waals surface area contributed by atoms with Crippen molar-refractivity contribution in [3.05, 3.63) is 18.2 Å². The third-order valence-corrected chi connectivity index (χ3v) is 4.05. The van der Waals surface area contributed by atoms with Crippen LogP contribution in [0.25, 0.3) is 0 Å². The van der Waals surface area contributed by atoms with E-state index in [9.17, 15) is 8.42 Å². The van der Waals surface area contributed by atoms with Crippen molar-refractivity contribution >= 4 is 21.4 Å². The topological polar surface area (TPSA) is 84.2 Å². The van der Waals surface area contributed by atoms with Crippen molar-refractivity contribution in [3.8, 4) is 0 Å². The van der Waals surface area contributed by atoms with Gasteiger partial charge in [-0.3, -0.25) is 0 Å². The summed E-state index contributed by atoms with van der Waals surface area (Å²) in [6, 6.07) is 4.70. The highest BCUT2D eigenvalue weighted by atomic mass is 32.2. The summed E-state index contributed by atoms with van der Waals surface area (Å²) in [7, 11) is -2.05. The highest BCUT2D eigenvalue weighted by Gasteiger charge is 2.12. The van der Waals surface area contributed by atoms with Crippen molar-refractivity contribution in [2.24, 2.45) is 5.92 Å². The molecule has 1 aromatic carbocycles. The molecular formula is C12H21N3O2S. The Morgan fingerprint density at radius 1 is 1.33 bits per heavy atom. The fourth-order valence-corrected chi connectivity index (χ4v) is 2.25. The van der Waals surface area contributed by atoms with Crippen LogP contribution < -0.4 is 15.8 Å². The second kappa shape index (κ2) is 6.06. The lowest BCUT2D eigenvalue weighted by Gasteiger charge is -2.12. The van der Waals surface area contributed by atoms with Gasteiger partial charge in [0.15, 0.2) is 0 Å². The molecular weight excluding hydrogens is 250 g/mol. The standard InChI is InChI=1S/C12H21N3O2S/c1-9(2)6-7-15-12-5-4-10(8-11(12)13)18(16,17)14-3/h4-5,8-9,14-15H,6-7,13H2,1-3H3. The molecule has 0 spiro atoms. The van der Waals surface area contributed by atoms with Crippen molar-refractivity contribution in [1.29, 1.82) is 0 Å². The number of hydrogen-bond donors (Lipinski definition) is 3. The van der Waals surface area contributed by atoms with Crippen molar-refractivity contribution in [2.45, 2.75) is 25.2 Å². The van der Waals surface area contributed by atoms with Gasteiger partial charge in [0.25, 0.3) is 0 Å². The van der Waals surface area contributed by atoms with Crippen molar-refractivity contribution < 1.29 is 8.42 Å². The summed E-state index contributed by atoms with van der Waals surface area (Å²) in [4.78, 5) is 0.178. The number of rotatable bonds is 6. The minimum atomic E-state index is -3.43. The first-order valence-electron chi connectivity index (χ1n) is 5.93. The molecule has 0 fully saturated rings. The number of nitrogen functional groups attached to an aromatic ring is 1. The second-order valence-corrected chi connectivity index (χ2v) is 6.45. The van der Waals surface area contributed by atoms with Gasteiger partial charge in [-0.2, -0.15) is 0 Å². The first-order valence-corrected chi connectivity index (χ1v) is 7.42. The molecule has 1 aromatic rings. The van der Waals surface area contributed by atoms with Crippen LogP contribution in [0.5, 0.6) is 0 Å². The molecule has 0 saturated carbocycles. The Bertz CT molecular complexity index is 498. The molecule has 5 nitrogen and oxygen atoms in total. The molecule has 0 amide bonds. The van der Waals surface area contributed by atoms with E-state index in [1.807, 2.05) is 0 Å². The SMILES string of the molecule is CNS(=O)(=O)c1ccc(NCCC(C)C)c(N)c1. The average Bonchev–Trinajstić information content (AvgIpc) is 2.30. The van der Waals surface area contributed by atoms with Gasteiger partial charge in [0.1, 0.15) is 0 Å². The smallest absolute Gasteiger partial charge is 0.240 e. The predicted molar refractivity (Wildman–Crippen MR) is 75.0 cm³/mol. The largest absolute Gasteiger partial charge is 0.397 e. The van der Waals surface area contributed by atoms with Gasteiger partial charge >= 0.3 is 0 Å². The number of nitrogens with two attached hydrogens (primary N) is 1. The number of anilines is 2. The van der Waals surface area contributed by atoms with Crippen LogP contribution >= 0.6 is 0 Å². The van der Waals surface area contributed by atoms with E-state index in [0.29, 0.717) is 11.6 Å². The van der Waals surface area contributed by atoms with Crippen LogP contribution in [0.3, 0.4) is 0 Å². The highest BCUT2D eigenvalue weighted by Crippen LogP contribution is 2.22. The minimum Gasteiger partial charge on any atom is -0.397 e. The number of hydrogen-bond acceptors (Lipinski definition) is 4. The van der Waals surface area contributed by atoms with Crippen LogP contribution in [-0.2, 0) is 10.0 Å². The van der Waals surface area contributed by atoms with Crippen molar-refractivity contribution in [2.75, 3.05) is 24.6 Å². The van der Waals surface area contributed by atoms with Crippen LogP contribution in [0.1, 0.15) is 20.3 Å². The quantitative estimate of drug-likeness (QED) is 0.687. The Morgan fingerprint density at radius 3 is 2.50 bits per heavy atom. The van der Waals surface area contributed by atoms with E-state index >= 15 is 0 Å². The molecule has 0 aromatic heterocycles. The predicted octanol–water partition coefficient (Wildman–Crippen LogP) is 1.63. The van der Waals surface area contributed by atoms with E-state index in [0.717, 1.165) is 18.7 Å². The van der Waals surface area contributed by atoms with Crippen LogP contribution in [-0.4, -0.2) is 22.0 Å². The molecule has 6 heteroatoms. The Balaban J connectivity index is 2.81. The molecule has 4 N–H and O–H groups in total. The van der Waals surface area contributed by atoms with Gasteiger partial charge in [-0.15, -0.1) is 0 Å². The lowest BCUT2D eigenvalue weighted by Crippen LogP contribution is -2.19. The fourth-order valence-electron chi connectivity index (χ4n) is 1.48.